The van der Waals surface area contributed by atoms with Gasteiger partial charge in [0.05, 0.1) is 0 Å². The molecule has 156 valence electrons. The van der Waals surface area contributed by atoms with Crippen molar-refractivity contribution in [3.8, 4) is 0 Å². The molecular weight excluding hydrogens is 364 g/mol. The SMILES string of the molecule is CC(=O)O[C@]1(C(C)=O)CC[C@H]2[C@@H]3[C@@H]4C[C@@H]4C4=CC(=O)[C@@H]5C[C@@H]5[C@]4(C)[C@H]3CC[C@@]21C. The van der Waals surface area contributed by atoms with Crippen molar-refractivity contribution in [2.75, 3.05) is 0 Å². The van der Waals surface area contributed by atoms with E-state index in [4.69, 9.17) is 4.74 Å². The standard InChI is InChI=1S/C25H32O4/c1-12(26)25(29-13(2)27)8-6-17-22-15-9-14(15)20-11-21(28)16-10-19(16)24(20,4)18(22)5-7-23(17,25)3/h11,14-19,22H,5-10H2,1-4H3/t14-,15+,16+,17-,18-,19-,22-,23-,24-,25-/m0/s1. The fourth-order valence-electron chi connectivity index (χ4n) is 9.35. The molecule has 0 heterocycles. The zero-order valence-electron chi connectivity index (χ0n) is 18.0. The first-order chi connectivity index (χ1) is 13.6. The van der Waals surface area contributed by atoms with E-state index in [1.54, 1.807) is 6.92 Å². The van der Waals surface area contributed by atoms with E-state index in [1.165, 1.54) is 18.9 Å². The van der Waals surface area contributed by atoms with E-state index in [2.05, 4.69) is 19.9 Å². The van der Waals surface area contributed by atoms with Gasteiger partial charge in [-0.3, -0.25) is 14.4 Å². The molecule has 0 radical (unpaired) electrons. The molecule has 0 N–H and O–H groups in total. The van der Waals surface area contributed by atoms with Gasteiger partial charge in [0.15, 0.2) is 17.2 Å². The number of hydrogen-bond donors (Lipinski definition) is 0. The molecule has 0 aromatic carbocycles. The lowest BCUT2D eigenvalue weighted by Crippen LogP contribution is -2.59. The normalized spacial score (nSPS) is 56.1. The van der Waals surface area contributed by atoms with Crippen LogP contribution in [0.3, 0.4) is 0 Å². The molecule has 10 atom stereocenters. The minimum absolute atomic E-state index is 0.0247. The highest BCUT2D eigenvalue weighted by molar-refractivity contribution is 5.96. The van der Waals surface area contributed by atoms with Crippen LogP contribution >= 0.6 is 0 Å². The first kappa shape index (κ1) is 18.3. The number of ether oxygens (including phenoxy) is 1. The van der Waals surface area contributed by atoms with Gasteiger partial charge in [-0.15, -0.1) is 0 Å². The Morgan fingerprint density at radius 1 is 1.00 bits per heavy atom. The third-order valence-electron chi connectivity index (χ3n) is 10.7. The topological polar surface area (TPSA) is 60.4 Å². The maximum absolute atomic E-state index is 12.9. The summed E-state index contributed by atoms with van der Waals surface area (Å²) < 4.78 is 5.89. The van der Waals surface area contributed by atoms with Crippen LogP contribution in [0.1, 0.15) is 66.2 Å². The van der Waals surface area contributed by atoms with E-state index in [0.29, 0.717) is 47.7 Å². The highest BCUT2D eigenvalue weighted by atomic mass is 16.6. The third-order valence-corrected chi connectivity index (χ3v) is 10.7. The van der Waals surface area contributed by atoms with Crippen LogP contribution in [0.25, 0.3) is 0 Å². The van der Waals surface area contributed by atoms with Crippen LogP contribution in [0.5, 0.6) is 0 Å². The molecule has 29 heavy (non-hydrogen) atoms. The number of ketones is 2. The lowest BCUT2D eigenvalue weighted by Gasteiger charge is -2.59. The van der Waals surface area contributed by atoms with Crippen molar-refractivity contribution >= 4 is 17.5 Å². The lowest BCUT2D eigenvalue weighted by molar-refractivity contribution is -0.188. The molecule has 0 bridgehead atoms. The van der Waals surface area contributed by atoms with Crippen molar-refractivity contribution in [2.45, 2.75) is 71.8 Å². The molecule has 5 fully saturated rings. The zero-order valence-corrected chi connectivity index (χ0v) is 18.0. The van der Waals surface area contributed by atoms with Crippen molar-refractivity contribution in [2.24, 2.45) is 52.3 Å². The fraction of sp³-hybridized carbons (Fsp3) is 0.800. The molecule has 0 unspecified atom stereocenters. The van der Waals surface area contributed by atoms with Gasteiger partial charge in [0.1, 0.15) is 0 Å². The second kappa shape index (κ2) is 5.23. The van der Waals surface area contributed by atoms with E-state index in [1.807, 2.05) is 0 Å². The van der Waals surface area contributed by atoms with E-state index in [9.17, 15) is 14.4 Å². The largest absolute Gasteiger partial charge is 0.451 e. The van der Waals surface area contributed by atoms with Gasteiger partial charge < -0.3 is 4.74 Å². The Labute approximate surface area is 172 Å². The Morgan fingerprint density at radius 2 is 1.72 bits per heavy atom. The van der Waals surface area contributed by atoms with Gasteiger partial charge in [-0.2, -0.15) is 0 Å². The molecule has 5 saturated carbocycles. The van der Waals surface area contributed by atoms with Crippen molar-refractivity contribution in [1.82, 2.24) is 0 Å². The number of allylic oxidation sites excluding steroid dienone is 1. The smallest absolute Gasteiger partial charge is 0.303 e. The van der Waals surface area contributed by atoms with Crippen LogP contribution < -0.4 is 0 Å². The second-order valence-electron chi connectivity index (χ2n) is 11.5. The van der Waals surface area contributed by atoms with Crippen molar-refractivity contribution in [3.63, 3.8) is 0 Å². The van der Waals surface area contributed by atoms with Crippen LogP contribution in [0.15, 0.2) is 11.6 Å². The van der Waals surface area contributed by atoms with Gasteiger partial charge in [0, 0.05) is 18.3 Å². The van der Waals surface area contributed by atoms with Crippen LogP contribution in [0.2, 0.25) is 0 Å². The Hall–Kier alpha value is -1.45. The Bertz CT molecular complexity index is 887. The van der Waals surface area contributed by atoms with Gasteiger partial charge in [0.25, 0.3) is 0 Å². The number of Topliss-reactive ketones (excluding diaryl/α,β-unsaturated/α-hetero) is 1. The Balaban J connectivity index is 1.42. The average Bonchev–Trinajstić information content (AvgIpc) is 3.54. The summed E-state index contributed by atoms with van der Waals surface area (Å²) in [6.45, 7) is 7.76. The highest BCUT2D eigenvalue weighted by Crippen LogP contribution is 2.78. The summed E-state index contributed by atoms with van der Waals surface area (Å²) in [5.41, 5.74) is 0.446. The van der Waals surface area contributed by atoms with Crippen LogP contribution in [-0.4, -0.2) is 23.1 Å². The predicted octanol–water partition coefficient (Wildman–Crippen LogP) is 4.12. The molecule has 4 heteroatoms. The van der Waals surface area contributed by atoms with Crippen LogP contribution in [0.4, 0.5) is 0 Å². The number of rotatable bonds is 2. The molecule has 4 nitrogen and oxygen atoms in total. The highest BCUT2D eigenvalue weighted by Gasteiger charge is 2.75. The summed E-state index contributed by atoms with van der Waals surface area (Å²) in [7, 11) is 0. The summed E-state index contributed by atoms with van der Waals surface area (Å²) in [6, 6.07) is 0. The Morgan fingerprint density at radius 3 is 2.41 bits per heavy atom. The van der Waals surface area contributed by atoms with Gasteiger partial charge in [0.2, 0.25) is 0 Å². The average molecular weight is 397 g/mol. The van der Waals surface area contributed by atoms with Gasteiger partial charge >= 0.3 is 5.97 Å². The minimum atomic E-state index is -0.944. The quantitative estimate of drug-likeness (QED) is 0.659. The number of hydrogen-bond acceptors (Lipinski definition) is 4. The van der Waals surface area contributed by atoms with Gasteiger partial charge in [-0.1, -0.05) is 19.4 Å². The number of carbonyl (C=O) groups is 3. The maximum atomic E-state index is 12.9. The number of carbonyl (C=O) groups excluding carboxylic acids is 3. The van der Waals surface area contributed by atoms with Gasteiger partial charge in [-0.25, -0.2) is 0 Å². The monoisotopic (exact) mass is 396 g/mol. The molecular formula is C25H32O4. The third kappa shape index (κ3) is 1.95. The van der Waals surface area contributed by atoms with Crippen LogP contribution in [0, 0.1) is 52.3 Å². The summed E-state index contributed by atoms with van der Waals surface area (Å²) >= 11 is 0. The fourth-order valence-corrected chi connectivity index (χ4v) is 9.35. The second-order valence-corrected chi connectivity index (χ2v) is 11.5. The van der Waals surface area contributed by atoms with Crippen molar-refractivity contribution < 1.29 is 19.1 Å². The molecule has 0 aliphatic heterocycles. The minimum Gasteiger partial charge on any atom is -0.451 e. The van der Waals surface area contributed by atoms with Crippen molar-refractivity contribution in [3.05, 3.63) is 11.6 Å². The molecule has 0 aromatic heterocycles. The molecule has 0 amide bonds. The summed E-state index contributed by atoms with van der Waals surface area (Å²) in [5.74, 6) is 3.78. The van der Waals surface area contributed by atoms with E-state index in [0.717, 1.165) is 25.7 Å². The lowest BCUT2D eigenvalue weighted by atomic mass is 9.46. The van der Waals surface area contributed by atoms with E-state index < -0.39 is 5.60 Å². The molecule has 6 aliphatic rings. The molecule has 6 aliphatic carbocycles. The zero-order chi connectivity index (χ0) is 20.5. The first-order valence-electron chi connectivity index (χ1n) is 11.6. The van der Waals surface area contributed by atoms with Gasteiger partial charge in [-0.05, 0) is 92.4 Å². The molecule has 0 saturated heterocycles. The number of fused-ring (bicyclic) bond motifs is 10. The van der Waals surface area contributed by atoms with E-state index >= 15 is 0 Å². The summed E-state index contributed by atoms with van der Waals surface area (Å²) in [5, 5.41) is 0. The molecule has 6 rings (SSSR count). The molecule has 0 spiro atoms. The van der Waals surface area contributed by atoms with Crippen molar-refractivity contribution in [1.29, 1.82) is 0 Å². The summed E-state index contributed by atoms with van der Waals surface area (Å²) in [6.07, 6.45) is 8.02. The van der Waals surface area contributed by atoms with Crippen LogP contribution in [-0.2, 0) is 19.1 Å². The van der Waals surface area contributed by atoms with E-state index in [-0.39, 0.29) is 28.5 Å². The molecule has 0 aromatic rings. The predicted molar refractivity (Wildman–Crippen MR) is 107 cm³/mol. The summed E-state index contributed by atoms with van der Waals surface area (Å²) in [4.78, 5) is 37.4. The Kier molecular flexibility index (Phi) is 3.31. The first-order valence-corrected chi connectivity index (χ1v) is 11.6. The number of esters is 1. The maximum Gasteiger partial charge on any atom is 0.303 e.